The smallest absolute Gasteiger partial charge is 0.344 e. The maximum Gasteiger partial charge on any atom is 0.344 e. The molecular formula is C18H23N3O4. The zero-order chi connectivity index (χ0) is 18.6. The number of pyridine rings is 2. The van der Waals surface area contributed by atoms with Gasteiger partial charge in [0.25, 0.3) is 5.91 Å². The minimum absolute atomic E-state index is 0.100. The van der Waals surface area contributed by atoms with E-state index >= 15 is 0 Å². The van der Waals surface area contributed by atoms with Crippen LogP contribution in [0.4, 0.5) is 0 Å². The summed E-state index contributed by atoms with van der Waals surface area (Å²) in [7, 11) is 0. The van der Waals surface area contributed by atoms with Gasteiger partial charge in [-0.3, -0.25) is 9.59 Å². The van der Waals surface area contributed by atoms with Crippen LogP contribution in [0.15, 0.2) is 23.1 Å². The average molecular weight is 345 g/mol. The molecule has 2 heterocycles. The highest BCUT2D eigenvalue weighted by molar-refractivity contribution is 5.94. The fourth-order valence-electron chi connectivity index (χ4n) is 2.32. The number of nitrogens with zero attached hydrogens (tertiary/aromatic N) is 2. The molecule has 134 valence electrons. The van der Waals surface area contributed by atoms with Crippen molar-refractivity contribution in [2.75, 3.05) is 13.2 Å². The molecule has 2 aromatic heterocycles. The number of carbonyl (C=O) groups excluding carboxylic acids is 2. The molecule has 0 aliphatic carbocycles. The Balaban J connectivity index is 2.24. The second kappa shape index (κ2) is 7.92. The van der Waals surface area contributed by atoms with Crippen LogP contribution in [0, 0.1) is 12.8 Å². The van der Waals surface area contributed by atoms with Crippen molar-refractivity contribution in [2.45, 2.75) is 34.2 Å². The Hall–Kier alpha value is -2.70. The summed E-state index contributed by atoms with van der Waals surface area (Å²) >= 11 is 0. The van der Waals surface area contributed by atoms with Crippen molar-refractivity contribution in [3.05, 3.63) is 39.8 Å². The van der Waals surface area contributed by atoms with Gasteiger partial charge in [-0.15, -0.1) is 0 Å². The second-order valence-corrected chi connectivity index (χ2v) is 6.26. The van der Waals surface area contributed by atoms with Gasteiger partial charge in [-0.1, -0.05) is 13.8 Å². The quantitative estimate of drug-likeness (QED) is 0.804. The summed E-state index contributed by atoms with van der Waals surface area (Å²) in [6.07, 6.45) is 1.44. The second-order valence-electron chi connectivity index (χ2n) is 6.26. The molecule has 2 rings (SSSR count). The molecule has 1 amide bonds. The summed E-state index contributed by atoms with van der Waals surface area (Å²) in [5, 5.41) is 3.01. The van der Waals surface area contributed by atoms with E-state index in [1.54, 1.807) is 16.7 Å². The van der Waals surface area contributed by atoms with Gasteiger partial charge in [0.05, 0.1) is 5.39 Å². The van der Waals surface area contributed by atoms with Gasteiger partial charge in [0.2, 0.25) is 5.43 Å². The Morgan fingerprint density at radius 2 is 2.04 bits per heavy atom. The highest BCUT2D eigenvalue weighted by atomic mass is 16.5. The number of rotatable bonds is 6. The van der Waals surface area contributed by atoms with Crippen molar-refractivity contribution in [3.63, 3.8) is 0 Å². The van der Waals surface area contributed by atoms with Crippen molar-refractivity contribution < 1.29 is 14.3 Å². The van der Waals surface area contributed by atoms with Crippen LogP contribution in [-0.2, 0) is 16.1 Å². The summed E-state index contributed by atoms with van der Waals surface area (Å²) in [5.74, 6) is -0.904. The van der Waals surface area contributed by atoms with E-state index < -0.39 is 23.9 Å². The number of esters is 1. The monoisotopic (exact) mass is 345 g/mol. The molecule has 0 aliphatic rings. The minimum atomic E-state index is -0.811. The first-order chi connectivity index (χ1) is 11.8. The summed E-state index contributed by atoms with van der Waals surface area (Å²) in [6.45, 7) is 8.28. The first-order valence-electron chi connectivity index (χ1n) is 8.28. The van der Waals surface area contributed by atoms with Crippen LogP contribution in [0.3, 0.4) is 0 Å². The van der Waals surface area contributed by atoms with E-state index in [9.17, 15) is 14.4 Å². The largest absolute Gasteiger partial charge is 0.452 e. The lowest BCUT2D eigenvalue weighted by Crippen LogP contribution is -2.32. The first kappa shape index (κ1) is 18.6. The maximum atomic E-state index is 12.6. The Labute approximate surface area is 146 Å². The number of hydrogen-bond donors (Lipinski definition) is 1. The third kappa shape index (κ3) is 4.43. The van der Waals surface area contributed by atoms with Crippen LogP contribution in [-0.4, -0.2) is 34.6 Å². The molecule has 0 bridgehead atoms. The predicted octanol–water partition coefficient (Wildman–Crippen LogP) is 1.65. The van der Waals surface area contributed by atoms with Gasteiger partial charge >= 0.3 is 5.97 Å². The van der Waals surface area contributed by atoms with Crippen molar-refractivity contribution in [2.24, 2.45) is 5.92 Å². The number of carbonyl (C=O) groups is 2. The van der Waals surface area contributed by atoms with Crippen LogP contribution in [0.25, 0.3) is 11.0 Å². The molecule has 1 N–H and O–H groups in total. The van der Waals surface area contributed by atoms with E-state index in [0.29, 0.717) is 30.0 Å². The summed E-state index contributed by atoms with van der Waals surface area (Å²) in [4.78, 5) is 40.8. The molecule has 0 unspecified atom stereocenters. The van der Waals surface area contributed by atoms with Gasteiger partial charge in [-0.25, -0.2) is 9.78 Å². The van der Waals surface area contributed by atoms with Gasteiger partial charge in [0, 0.05) is 25.0 Å². The fraction of sp³-hybridized carbons (Fsp3) is 0.444. The normalized spacial score (nSPS) is 10.9. The summed E-state index contributed by atoms with van der Waals surface area (Å²) < 4.78 is 6.71. The summed E-state index contributed by atoms with van der Waals surface area (Å²) in [5.41, 5.74) is 0.765. The van der Waals surface area contributed by atoms with Crippen molar-refractivity contribution in [1.29, 1.82) is 0 Å². The van der Waals surface area contributed by atoms with Gasteiger partial charge in [-0.05, 0) is 31.9 Å². The van der Waals surface area contributed by atoms with E-state index in [1.807, 2.05) is 27.7 Å². The first-order valence-corrected chi connectivity index (χ1v) is 8.28. The molecule has 0 saturated carbocycles. The van der Waals surface area contributed by atoms with Crippen molar-refractivity contribution in [1.82, 2.24) is 14.9 Å². The topological polar surface area (TPSA) is 90.3 Å². The highest BCUT2D eigenvalue weighted by Crippen LogP contribution is 2.11. The third-order valence-electron chi connectivity index (χ3n) is 3.66. The van der Waals surface area contributed by atoms with Crippen LogP contribution in [0.1, 0.15) is 36.8 Å². The molecule has 0 aliphatic heterocycles. The zero-order valence-electron chi connectivity index (χ0n) is 15.0. The molecule has 0 radical (unpaired) electrons. The molecular weight excluding hydrogens is 322 g/mol. The number of fused-ring (bicyclic) bond motifs is 1. The van der Waals surface area contributed by atoms with E-state index in [-0.39, 0.29) is 5.56 Å². The number of aromatic nitrogens is 2. The Morgan fingerprint density at radius 1 is 1.32 bits per heavy atom. The van der Waals surface area contributed by atoms with Gasteiger partial charge in [0.15, 0.2) is 6.61 Å². The van der Waals surface area contributed by atoms with Gasteiger partial charge in [-0.2, -0.15) is 0 Å². The molecule has 7 heteroatoms. The van der Waals surface area contributed by atoms with E-state index in [2.05, 4.69) is 10.3 Å². The number of amides is 1. The molecule has 0 fully saturated rings. The summed E-state index contributed by atoms with van der Waals surface area (Å²) in [6, 6.07) is 3.37. The van der Waals surface area contributed by atoms with Crippen LogP contribution in [0.5, 0.6) is 0 Å². The molecule has 25 heavy (non-hydrogen) atoms. The molecule has 2 aromatic rings. The highest BCUT2D eigenvalue weighted by Gasteiger charge is 2.18. The maximum absolute atomic E-state index is 12.6. The molecule has 0 saturated heterocycles. The number of ether oxygens (including phenoxy) is 1. The van der Waals surface area contributed by atoms with E-state index in [0.717, 1.165) is 5.69 Å². The van der Waals surface area contributed by atoms with E-state index in [1.165, 1.54) is 6.20 Å². The van der Waals surface area contributed by atoms with Crippen molar-refractivity contribution in [3.8, 4) is 0 Å². The Kier molecular flexibility index (Phi) is 5.90. The van der Waals surface area contributed by atoms with Crippen molar-refractivity contribution >= 4 is 22.9 Å². The van der Waals surface area contributed by atoms with Crippen LogP contribution < -0.4 is 10.7 Å². The lowest BCUT2D eigenvalue weighted by molar-refractivity contribution is -0.124. The standard InChI is InChI=1S/C18H23N3O4/c1-5-21-9-14(16(23)13-7-6-12(4)20-17(13)21)18(24)25-10-15(22)19-8-11(2)3/h6-7,9,11H,5,8,10H2,1-4H3,(H,19,22). The molecule has 0 atom stereocenters. The van der Waals surface area contributed by atoms with E-state index in [4.69, 9.17) is 4.74 Å². The SMILES string of the molecule is CCn1cc(C(=O)OCC(=O)NCC(C)C)c(=O)c2ccc(C)nc21. The Morgan fingerprint density at radius 3 is 2.68 bits per heavy atom. The molecule has 0 aromatic carbocycles. The molecule has 0 spiro atoms. The van der Waals surface area contributed by atoms with Gasteiger partial charge in [0.1, 0.15) is 11.2 Å². The number of hydrogen-bond acceptors (Lipinski definition) is 5. The number of aryl methyl sites for hydroxylation is 2. The molecule has 7 nitrogen and oxygen atoms in total. The average Bonchev–Trinajstić information content (AvgIpc) is 2.58. The predicted molar refractivity (Wildman–Crippen MR) is 94.5 cm³/mol. The Bertz CT molecular complexity index is 855. The van der Waals surface area contributed by atoms with Crippen LogP contribution in [0.2, 0.25) is 0 Å². The minimum Gasteiger partial charge on any atom is -0.452 e. The number of nitrogens with one attached hydrogen (secondary N) is 1. The van der Waals surface area contributed by atoms with Gasteiger partial charge < -0.3 is 14.6 Å². The fourth-order valence-corrected chi connectivity index (χ4v) is 2.32. The lowest BCUT2D eigenvalue weighted by atomic mass is 10.2. The third-order valence-corrected chi connectivity index (χ3v) is 3.66. The van der Waals surface area contributed by atoms with Crippen LogP contribution >= 0.6 is 0 Å². The zero-order valence-corrected chi connectivity index (χ0v) is 15.0. The lowest BCUT2D eigenvalue weighted by Gasteiger charge is -2.11.